The number of fused-ring (bicyclic) bond motifs is 1. The summed E-state index contributed by atoms with van der Waals surface area (Å²) in [5.74, 6) is 1.15. The number of benzene rings is 2. The first-order valence-electron chi connectivity index (χ1n) is 11.1. The molecular formula is C25H26N4O3. The van der Waals surface area contributed by atoms with E-state index in [9.17, 15) is 9.59 Å². The second-order valence-electron chi connectivity index (χ2n) is 8.67. The van der Waals surface area contributed by atoms with Crippen molar-refractivity contribution in [3.05, 3.63) is 65.5 Å². The van der Waals surface area contributed by atoms with Crippen molar-refractivity contribution in [3.8, 4) is 11.4 Å². The molecule has 164 valence electrons. The molecule has 2 aliphatic heterocycles. The minimum atomic E-state index is -0.0449. The van der Waals surface area contributed by atoms with Gasteiger partial charge in [0.25, 0.3) is 5.91 Å². The van der Waals surface area contributed by atoms with Crippen LogP contribution in [0.15, 0.2) is 53.1 Å². The van der Waals surface area contributed by atoms with Gasteiger partial charge in [-0.25, -0.2) is 0 Å². The third-order valence-corrected chi connectivity index (χ3v) is 6.49. The Kier molecular flexibility index (Phi) is 5.25. The molecular weight excluding hydrogens is 404 g/mol. The predicted molar refractivity (Wildman–Crippen MR) is 120 cm³/mol. The standard InChI is InChI=1S/C25H26N4O3/c1-16-15-21-5-3-4-6-22(21)29(16)25(31)20-11-13-28(14-12-20)24(30)19-9-7-18(8-10-19)23-26-17(2)32-27-23/h3-10,16,20H,11-15H2,1-2H3/t16-/m1/s1. The van der Waals surface area contributed by atoms with Gasteiger partial charge in [-0.3, -0.25) is 9.59 Å². The van der Waals surface area contributed by atoms with Gasteiger partial charge in [0, 0.05) is 48.8 Å². The number of aromatic nitrogens is 2. The maximum atomic E-state index is 13.3. The molecule has 1 aromatic heterocycles. The van der Waals surface area contributed by atoms with E-state index in [1.807, 2.05) is 40.1 Å². The number of carbonyl (C=O) groups excluding carboxylic acids is 2. The fourth-order valence-electron chi connectivity index (χ4n) is 4.79. The summed E-state index contributed by atoms with van der Waals surface area (Å²) in [5, 5.41) is 3.91. The number of carbonyl (C=O) groups is 2. The Morgan fingerprint density at radius 3 is 2.44 bits per heavy atom. The van der Waals surface area contributed by atoms with E-state index in [0.29, 0.717) is 43.2 Å². The maximum absolute atomic E-state index is 13.3. The van der Waals surface area contributed by atoms with Crippen LogP contribution in [0, 0.1) is 12.8 Å². The lowest BCUT2D eigenvalue weighted by Crippen LogP contribution is -2.46. The van der Waals surface area contributed by atoms with Crippen LogP contribution in [0.3, 0.4) is 0 Å². The van der Waals surface area contributed by atoms with Crippen molar-refractivity contribution in [3.63, 3.8) is 0 Å². The number of para-hydroxylation sites is 1. The van der Waals surface area contributed by atoms with Crippen molar-refractivity contribution in [2.24, 2.45) is 5.92 Å². The molecule has 0 unspecified atom stereocenters. The van der Waals surface area contributed by atoms with Crippen molar-refractivity contribution in [1.29, 1.82) is 0 Å². The average Bonchev–Trinajstić information content (AvgIpc) is 3.40. The number of nitrogens with zero attached hydrogens (tertiary/aromatic N) is 4. The predicted octanol–water partition coefficient (Wildman–Crippen LogP) is 3.88. The molecule has 0 radical (unpaired) electrons. The van der Waals surface area contributed by atoms with Crippen LogP contribution in [0.25, 0.3) is 11.4 Å². The van der Waals surface area contributed by atoms with Crippen LogP contribution in [-0.2, 0) is 11.2 Å². The van der Waals surface area contributed by atoms with Gasteiger partial charge < -0.3 is 14.3 Å². The maximum Gasteiger partial charge on any atom is 0.253 e. The topological polar surface area (TPSA) is 79.5 Å². The molecule has 0 spiro atoms. The molecule has 0 aliphatic carbocycles. The van der Waals surface area contributed by atoms with Gasteiger partial charge in [-0.15, -0.1) is 0 Å². The summed E-state index contributed by atoms with van der Waals surface area (Å²) >= 11 is 0. The number of piperidine rings is 1. The van der Waals surface area contributed by atoms with Crippen molar-refractivity contribution in [1.82, 2.24) is 15.0 Å². The van der Waals surface area contributed by atoms with E-state index in [1.165, 1.54) is 5.56 Å². The quantitative estimate of drug-likeness (QED) is 0.630. The van der Waals surface area contributed by atoms with E-state index in [2.05, 4.69) is 23.1 Å². The summed E-state index contributed by atoms with van der Waals surface area (Å²) in [6.07, 6.45) is 2.28. The van der Waals surface area contributed by atoms with Crippen LogP contribution >= 0.6 is 0 Å². The summed E-state index contributed by atoms with van der Waals surface area (Å²) in [6.45, 7) is 5.03. The molecule has 1 fully saturated rings. The Morgan fingerprint density at radius 1 is 1.03 bits per heavy atom. The van der Waals surface area contributed by atoms with Gasteiger partial charge in [0.15, 0.2) is 0 Å². The van der Waals surface area contributed by atoms with Gasteiger partial charge in [0.1, 0.15) is 0 Å². The van der Waals surface area contributed by atoms with Gasteiger partial charge in [0.05, 0.1) is 0 Å². The molecule has 7 heteroatoms. The number of aryl methyl sites for hydroxylation is 1. The second kappa shape index (κ2) is 8.22. The third kappa shape index (κ3) is 3.68. The van der Waals surface area contributed by atoms with Crippen molar-refractivity contribution in [2.45, 2.75) is 39.2 Å². The Morgan fingerprint density at radius 2 is 1.75 bits per heavy atom. The van der Waals surface area contributed by atoms with Gasteiger partial charge >= 0.3 is 0 Å². The van der Waals surface area contributed by atoms with E-state index >= 15 is 0 Å². The summed E-state index contributed by atoms with van der Waals surface area (Å²) in [7, 11) is 0. The third-order valence-electron chi connectivity index (χ3n) is 6.49. The first-order valence-corrected chi connectivity index (χ1v) is 11.1. The fraction of sp³-hybridized carbons (Fsp3) is 0.360. The van der Waals surface area contributed by atoms with Crippen molar-refractivity contribution < 1.29 is 14.1 Å². The van der Waals surface area contributed by atoms with Crippen LogP contribution in [0.1, 0.15) is 41.6 Å². The molecule has 3 heterocycles. The highest BCUT2D eigenvalue weighted by atomic mass is 16.5. The Labute approximate surface area is 187 Å². The molecule has 32 heavy (non-hydrogen) atoms. The number of anilines is 1. The van der Waals surface area contributed by atoms with Gasteiger partial charge in [0.2, 0.25) is 17.6 Å². The lowest BCUT2D eigenvalue weighted by Gasteiger charge is -2.34. The summed E-state index contributed by atoms with van der Waals surface area (Å²) in [5.41, 5.74) is 3.71. The molecule has 2 amide bonds. The summed E-state index contributed by atoms with van der Waals surface area (Å²) < 4.78 is 5.02. The second-order valence-corrected chi connectivity index (χ2v) is 8.67. The normalized spacial score (nSPS) is 18.6. The zero-order valence-electron chi connectivity index (χ0n) is 18.3. The van der Waals surface area contributed by atoms with Crippen LogP contribution < -0.4 is 4.90 Å². The highest BCUT2D eigenvalue weighted by Crippen LogP contribution is 2.34. The molecule has 2 aromatic carbocycles. The SMILES string of the molecule is Cc1nc(-c2ccc(C(=O)N3CCC(C(=O)N4c5ccccc5C[C@H]4C)CC3)cc2)no1. The molecule has 5 rings (SSSR count). The average molecular weight is 431 g/mol. The molecule has 1 atom stereocenters. The lowest BCUT2D eigenvalue weighted by molar-refractivity contribution is -0.124. The van der Waals surface area contributed by atoms with E-state index in [1.54, 1.807) is 19.1 Å². The molecule has 3 aromatic rings. The van der Waals surface area contributed by atoms with E-state index in [0.717, 1.165) is 17.7 Å². The van der Waals surface area contributed by atoms with Gasteiger partial charge in [-0.2, -0.15) is 4.98 Å². The Balaban J connectivity index is 1.22. The fourth-order valence-corrected chi connectivity index (χ4v) is 4.79. The number of rotatable bonds is 3. The van der Waals surface area contributed by atoms with Gasteiger partial charge in [-0.05, 0) is 49.9 Å². The highest BCUT2D eigenvalue weighted by Gasteiger charge is 2.36. The van der Waals surface area contributed by atoms with Gasteiger partial charge in [-0.1, -0.05) is 35.5 Å². The molecule has 0 N–H and O–H groups in total. The molecule has 0 bridgehead atoms. The Hall–Kier alpha value is -3.48. The molecule has 2 aliphatic rings. The molecule has 1 saturated heterocycles. The van der Waals surface area contributed by atoms with E-state index in [4.69, 9.17) is 4.52 Å². The monoisotopic (exact) mass is 430 g/mol. The number of amides is 2. The minimum absolute atomic E-state index is 0.00775. The first-order chi connectivity index (χ1) is 15.5. The van der Waals surface area contributed by atoms with Crippen LogP contribution in [0.4, 0.5) is 5.69 Å². The summed E-state index contributed by atoms with van der Waals surface area (Å²) in [4.78, 5) is 34.3. The lowest BCUT2D eigenvalue weighted by atomic mass is 9.94. The van der Waals surface area contributed by atoms with Crippen LogP contribution in [-0.4, -0.2) is 46.0 Å². The smallest absolute Gasteiger partial charge is 0.253 e. The first kappa shape index (κ1) is 20.4. The van der Waals surface area contributed by atoms with Crippen molar-refractivity contribution >= 4 is 17.5 Å². The largest absolute Gasteiger partial charge is 0.339 e. The van der Waals surface area contributed by atoms with Crippen LogP contribution in [0.2, 0.25) is 0 Å². The highest BCUT2D eigenvalue weighted by molar-refractivity contribution is 5.98. The van der Waals surface area contributed by atoms with E-state index < -0.39 is 0 Å². The van der Waals surface area contributed by atoms with Crippen LogP contribution in [0.5, 0.6) is 0 Å². The van der Waals surface area contributed by atoms with E-state index in [-0.39, 0.29) is 23.8 Å². The number of hydrogen-bond acceptors (Lipinski definition) is 5. The zero-order valence-corrected chi connectivity index (χ0v) is 18.3. The number of hydrogen-bond donors (Lipinski definition) is 0. The zero-order chi connectivity index (χ0) is 22.2. The Bertz CT molecular complexity index is 1150. The molecule has 7 nitrogen and oxygen atoms in total. The van der Waals surface area contributed by atoms with Crippen molar-refractivity contribution in [2.75, 3.05) is 18.0 Å². The number of likely N-dealkylation sites (tertiary alicyclic amines) is 1. The summed E-state index contributed by atoms with van der Waals surface area (Å²) in [6, 6.07) is 15.6. The minimum Gasteiger partial charge on any atom is -0.339 e. The molecule has 0 saturated carbocycles.